The number of fused-ring (bicyclic) bond motifs is 1. The van der Waals surface area contributed by atoms with Crippen LogP contribution in [0.2, 0.25) is 0 Å². The largest absolute Gasteiger partial charge is 0.490 e. The summed E-state index contributed by atoms with van der Waals surface area (Å²) in [6.07, 6.45) is -4.79. The summed E-state index contributed by atoms with van der Waals surface area (Å²) >= 11 is 0. The Balaban J connectivity index is 0.000000339. The second-order valence-corrected chi connectivity index (χ2v) is 6.94. The van der Waals surface area contributed by atoms with Crippen LogP contribution in [0.3, 0.4) is 0 Å². The van der Waals surface area contributed by atoms with Gasteiger partial charge in [0, 0.05) is 57.3 Å². The number of nitrogens with one attached hydrogen (secondary N) is 2. The number of hydrogen-bond donors (Lipinski definition) is 3. The van der Waals surface area contributed by atoms with Crippen molar-refractivity contribution in [2.24, 2.45) is 7.05 Å². The van der Waals surface area contributed by atoms with Crippen LogP contribution in [-0.4, -0.2) is 71.7 Å². The minimum atomic E-state index is -5.08. The van der Waals surface area contributed by atoms with Crippen LogP contribution in [-0.2, 0) is 16.6 Å². The molecule has 13 heteroatoms. The van der Waals surface area contributed by atoms with Gasteiger partial charge in [0.2, 0.25) is 5.91 Å². The molecule has 168 valence electrons. The monoisotopic (exact) mass is 442 g/mol. The lowest BCUT2D eigenvalue weighted by Gasteiger charge is -2.29. The number of alkyl halides is 3. The van der Waals surface area contributed by atoms with E-state index in [1.807, 2.05) is 13.1 Å². The number of carboxylic acids is 1. The summed E-state index contributed by atoms with van der Waals surface area (Å²) in [4.78, 5) is 36.2. The highest BCUT2D eigenvalue weighted by atomic mass is 19.4. The van der Waals surface area contributed by atoms with Crippen molar-refractivity contribution in [3.8, 4) is 0 Å². The number of amides is 3. The Morgan fingerprint density at radius 3 is 2.39 bits per heavy atom. The average molecular weight is 442 g/mol. The van der Waals surface area contributed by atoms with Gasteiger partial charge in [-0.25, -0.2) is 9.59 Å². The molecule has 0 bridgehead atoms. The molecule has 31 heavy (non-hydrogen) atoms. The van der Waals surface area contributed by atoms with Crippen LogP contribution in [0.4, 0.5) is 29.5 Å². The smallest absolute Gasteiger partial charge is 0.475 e. The number of rotatable bonds is 2. The lowest BCUT2D eigenvalue weighted by molar-refractivity contribution is -0.192. The molecular formula is C18H21F3N6O4. The predicted molar refractivity (Wildman–Crippen MR) is 105 cm³/mol. The normalized spacial score (nSPS) is 17.3. The third-order valence-electron chi connectivity index (χ3n) is 4.85. The Bertz CT molecular complexity index is 1000. The molecule has 3 amide bonds. The van der Waals surface area contributed by atoms with E-state index < -0.39 is 18.2 Å². The van der Waals surface area contributed by atoms with Crippen LogP contribution in [0.15, 0.2) is 18.2 Å². The summed E-state index contributed by atoms with van der Waals surface area (Å²) in [5.74, 6) is -2.39. The fourth-order valence-electron chi connectivity index (χ4n) is 3.31. The third kappa shape index (κ3) is 5.05. The van der Waals surface area contributed by atoms with E-state index in [2.05, 4.69) is 32.8 Å². The van der Waals surface area contributed by atoms with E-state index >= 15 is 0 Å². The second kappa shape index (κ2) is 8.79. The van der Waals surface area contributed by atoms with Gasteiger partial charge in [0.05, 0.1) is 5.52 Å². The molecule has 0 unspecified atom stereocenters. The van der Waals surface area contributed by atoms with Crippen LogP contribution >= 0.6 is 0 Å². The molecule has 0 radical (unpaired) electrons. The van der Waals surface area contributed by atoms with Crippen LogP contribution in [0.25, 0.3) is 10.9 Å². The standard InChI is InChI=1S/C16H20N6O2.C2HF3O2/c1-20-13-10-11(21-8-5-17-6-9-21)2-3-12(13)15(19-20)22-7-4-14(23)18-16(22)24;3-2(4,5)1(6)7/h2-3,10,17H,4-9H2,1H3,(H,18,23,24);(H,6,7). The van der Waals surface area contributed by atoms with Gasteiger partial charge in [-0.1, -0.05) is 0 Å². The zero-order valence-electron chi connectivity index (χ0n) is 16.6. The van der Waals surface area contributed by atoms with E-state index in [1.54, 1.807) is 4.68 Å². The summed E-state index contributed by atoms with van der Waals surface area (Å²) in [5.41, 5.74) is 2.14. The van der Waals surface area contributed by atoms with E-state index in [4.69, 9.17) is 9.90 Å². The minimum Gasteiger partial charge on any atom is -0.475 e. The van der Waals surface area contributed by atoms with Gasteiger partial charge in [-0.3, -0.25) is 19.7 Å². The first-order valence-corrected chi connectivity index (χ1v) is 9.42. The topological polar surface area (TPSA) is 120 Å². The first-order valence-electron chi connectivity index (χ1n) is 9.42. The molecule has 0 atom stereocenters. The zero-order valence-corrected chi connectivity index (χ0v) is 16.6. The first kappa shape index (κ1) is 22.3. The maximum atomic E-state index is 12.1. The molecule has 0 spiro atoms. The number of halogens is 3. The lowest BCUT2D eigenvalue weighted by Crippen LogP contribution is -2.49. The molecule has 2 aliphatic heterocycles. The number of aliphatic carboxylic acids is 1. The Labute approximate surface area is 174 Å². The molecule has 0 aliphatic carbocycles. The number of nitrogens with zero attached hydrogens (tertiary/aromatic N) is 4. The van der Waals surface area contributed by atoms with E-state index in [0.29, 0.717) is 18.8 Å². The van der Waals surface area contributed by atoms with E-state index in [1.165, 1.54) is 4.90 Å². The molecule has 3 N–H and O–H groups in total. The van der Waals surface area contributed by atoms with Crippen LogP contribution < -0.4 is 20.4 Å². The molecule has 4 rings (SSSR count). The molecular weight excluding hydrogens is 421 g/mol. The predicted octanol–water partition coefficient (Wildman–Crippen LogP) is 1.06. The Morgan fingerprint density at radius 2 is 1.81 bits per heavy atom. The van der Waals surface area contributed by atoms with Gasteiger partial charge >= 0.3 is 18.2 Å². The number of urea groups is 1. The number of carbonyl (C=O) groups excluding carboxylic acids is 2. The van der Waals surface area contributed by atoms with Gasteiger partial charge in [-0.2, -0.15) is 18.3 Å². The minimum absolute atomic E-state index is 0.238. The SMILES string of the molecule is Cn1nc(N2CCC(=O)NC2=O)c2ccc(N3CCNCC3)cc21.O=C(O)C(F)(F)F. The van der Waals surface area contributed by atoms with Gasteiger partial charge in [0.1, 0.15) is 0 Å². The van der Waals surface area contributed by atoms with Crippen LogP contribution in [0, 0.1) is 0 Å². The number of carboxylic acid groups (broad SMARTS) is 1. The van der Waals surface area contributed by atoms with Crippen molar-refractivity contribution < 1.29 is 32.7 Å². The van der Waals surface area contributed by atoms with Gasteiger partial charge in [-0.15, -0.1) is 0 Å². The maximum absolute atomic E-state index is 12.1. The molecule has 0 saturated carbocycles. The highest BCUT2D eigenvalue weighted by Crippen LogP contribution is 2.30. The van der Waals surface area contributed by atoms with E-state index in [-0.39, 0.29) is 5.91 Å². The first-order chi connectivity index (χ1) is 14.6. The van der Waals surface area contributed by atoms with Crippen molar-refractivity contribution in [1.82, 2.24) is 20.4 Å². The van der Waals surface area contributed by atoms with Gasteiger partial charge < -0.3 is 15.3 Å². The number of aromatic nitrogens is 2. The van der Waals surface area contributed by atoms with Crippen molar-refractivity contribution in [3.63, 3.8) is 0 Å². The molecule has 2 saturated heterocycles. The van der Waals surface area contributed by atoms with Crippen molar-refractivity contribution >= 4 is 40.3 Å². The van der Waals surface area contributed by atoms with E-state index in [0.717, 1.165) is 42.8 Å². The fraction of sp³-hybridized carbons (Fsp3) is 0.444. The number of piperazine rings is 1. The summed E-state index contributed by atoms with van der Waals surface area (Å²) in [6, 6.07) is 5.80. The highest BCUT2D eigenvalue weighted by Gasteiger charge is 2.38. The number of hydrogen-bond acceptors (Lipinski definition) is 6. The number of imide groups is 1. The summed E-state index contributed by atoms with van der Waals surface area (Å²) in [5, 5.41) is 18.3. The van der Waals surface area contributed by atoms with Gasteiger partial charge in [-0.05, 0) is 18.2 Å². The highest BCUT2D eigenvalue weighted by molar-refractivity contribution is 6.09. The zero-order chi connectivity index (χ0) is 22.8. The van der Waals surface area contributed by atoms with Crippen molar-refractivity contribution in [3.05, 3.63) is 18.2 Å². The summed E-state index contributed by atoms with van der Waals surface area (Å²) in [6.45, 7) is 4.28. The molecule has 2 fully saturated rings. The molecule has 2 aromatic rings. The Hall–Kier alpha value is -3.35. The van der Waals surface area contributed by atoms with E-state index in [9.17, 15) is 22.8 Å². The quantitative estimate of drug-likeness (QED) is 0.636. The van der Waals surface area contributed by atoms with Crippen LogP contribution in [0.1, 0.15) is 6.42 Å². The summed E-state index contributed by atoms with van der Waals surface area (Å²) in [7, 11) is 1.88. The van der Waals surface area contributed by atoms with Crippen molar-refractivity contribution in [1.29, 1.82) is 0 Å². The number of aryl methyl sites for hydroxylation is 1. The summed E-state index contributed by atoms with van der Waals surface area (Å²) < 4.78 is 33.5. The molecule has 1 aromatic carbocycles. The van der Waals surface area contributed by atoms with Gasteiger partial charge in [0.25, 0.3) is 0 Å². The Kier molecular flexibility index (Phi) is 6.34. The number of benzene rings is 1. The second-order valence-electron chi connectivity index (χ2n) is 6.94. The fourth-order valence-corrected chi connectivity index (χ4v) is 3.31. The van der Waals surface area contributed by atoms with Crippen LogP contribution in [0.5, 0.6) is 0 Å². The third-order valence-corrected chi connectivity index (χ3v) is 4.85. The molecule has 1 aromatic heterocycles. The maximum Gasteiger partial charge on any atom is 0.490 e. The molecule has 10 nitrogen and oxygen atoms in total. The average Bonchev–Trinajstić information content (AvgIpc) is 3.04. The van der Waals surface area contributed by atoms with Crippen molar-refractivity contribution in [2.45, 2.75) is 12.6 Å². The Morgan fingerprint density at radius 1 is 1.16 bits per heavy atom. The number of anilines is 2. The lowest BCUT2D eigenvalue weighted by atomic mass is 10.2. The molecule has 3 heterocycles. The number of carbonyl (C=O) groups is 3. The van der Waals surface area contributed by atoms with Crippen molar-refractivity contribution in [2.75, 3.05) is 42.5 Å². The molecule has 2 aliphatic rings. The van der Waals surface area contributed by atoms with Gasteiger partial charge in [0.15, 0.2) is 5.82 Å².